The molecule has 3 rings (SSSR count). The number of nitrogens with one attached hydrogen (secondary N) is 1. The van der Waals surface area contributed by atoms with Crippen LogP contribution in [0, 0.1) is 6.92 Å². The van der Waals surface area contributed by atoms with Crippen molar-refractivity contribution in [2.24, 2.45) is 7.05 Å². The third-order valence-corrected chi connectivity index (χ3v) is 4.87. The van der Waals surface area contributed by atoms with Crippen LogP contribution in [-0.2, 0) is 16.6 Å². The zero-order valence-electron chi connectivity index (χ0n) is 15.5. The first kappa shape index (κ1) is 20.6. The Hall–Kier alpha value is -3.10. The zero-order valence-corrected chi connectivity index (χ0v) is 17.0. The average molecular weight is 435 g/mol. The normalized spacial score (nSPS) is 10.6. The van der Waals surface area contributed by atoms with Crippen molar-refractivity contribution >= 4 is 40.8 Å². The van der Waals surface area contributed by atoms with Crippen LogP contribution in [0.5, 0.6) is 0 Å². The number of benzene rings is 1. The lowest BCUT2D eigenvalue weighted by atomic mass is 10.3. The molecule has 10 heteroatoms. The SMILES string of the molecule is Cc1c(NC(=O)COC(=O)c2cnc(Cl)c(Cl)c2)c(=O)n(-c2ccccc2)n1C. The molecule has 150 valence electrons. The molecular weight excluding hydrogens is 419 g/mol. The molecule has 0 fully saturated rings. The van der Waals surface area contributed by atoms with Crippen LogP contribution in [0.3, 0.4) is 0 Å². The van der Waals surface area contributed by atoms with Gasteiger partial charge in [-0.25, -0.2) is 14.5 Å². The molecular formula is C19H16Cl2N4O4. The molecule has 0 aliphatic rings. The number of carbonyl (C=O) groups excluding carboxylic acids is 2. The van der Waals surface area contributed by atoms with Gasteiger partial charge in [-0.3, -0.25) is 14.3 Å². The van der Waals surface area contributed by atoms with Gasteiger partial charge in [-0.05, 0) is 25.1 Å². The van der Waals surface area contributed by atoms with Crippen molar-refractivity contribution in [2.75, 3.05) is 11.9 Å². The fraction of sp³-hybridized carbons (Fsp3) is 0.158. The standard InChI is InChI=1S/C19H16Cl2N4O4/c1-11-16(18(27)25(24(11)2)13-6-4-3-5-7-13)23-15(26)10-29-19(28)12-8-14(20)17(21)22-9-12/h3-9H,10H2,1-2H3,(H,23,26). The summed E-state index contributed by atoms with van der Waals surface area (Å²) < 4.78 is 8.00. The third kappa shape index (κ3) is 4.33. The predicted molar refractivity (Wildman–Crippen MR) is 109 cm³/mol. The van der Waals surface area contributed by atoms with Gasteiger partial charge in [0.2, 0.25) is 0 Å². The Morgan fingerprint density at radius 1 is 1.21 bits per heavy atom. The van der Waals surface area contributed by atoms with Gasteiger partial charge in [-0.15, -0.1) is 0 Å². The highest BCUT2D eigenvalue weighted by atomic mass is 35.5. The molecule has 1 amide bonds. The Labute approximate surface area is 175 Å². The van der Waals surface area contributed by atoms with Gasteiger partial charge in [0, 0.05) is 13.2 Å². The molecule has 1 N–H and O–H groups in total. The minimum atomic E-state index is -0.794. The van der Waals surface area contributed by atoms with Crippen molar-refractivity contribution in [3.63, 3.8) is 0 Å². The van der Waals surface area contributed by atoms with Crippen LogP contribution in [0.25, 0.3) is 5.69 Å². The van der Waals surface area contributed by atoms with E-state index in [-0.39, 0.29) is 21.4 Å². The Morgan fingerprint density at radius 3 is 2.55 bits per heavy atom. The molecule has 0 radical (unpaired) electrons. The fourth-order valence-corrected chi connectivity index (χ4v) is 2.90. The summed E-state index contributed by atoms with van der Waals surface area (Å²) >= 11 is 11.5. The molecule has 2 aromatic heterocycles. The highest BCUT2D eigenvalue weighted by molar-refractivity contribution is 6.41. The van der Waals surface area contributed by atoms with E-state index in [1.807, 2.05) is 6.07 Å². The summed E-state index contributed by atoms with van der Waals surface area (Å²) in [5.41, 5.74) is 0.960. The lowest BCUT2D eigenvalue weighted by molar-refractivity contribution is -0.119. The monoisotopic (exact) mass is 434 g/mol. The van der Waals surface area contributed by atoms with Crippen LogP contribution >= 0.6 is 23.2 Å². The molecule has 0 aliphatic heterocycles. The van der Waals surface area contributed by atoms with Gasteiger partial charge in [0.1, 0.15) is 10.8 Å². The second-order valence-corrected chi connectivity index (χ2v) is 6.82. The first-order chi connectivity index (χ1) is 13.8. The van der Waals surface area contributed by atoms with Crippen LogP contribution in [-0.4, -0.2) is 32.8 Å². The van der Waals surface area contributed by atoms with E-state index in [1.165, 1.54) is 16.9 Å². The number of ether oxygens (including phenoxy) is 1. The minimum Gasteiger partial charge on any atom is -0.452 e. The molecule has 0 spiro atoms. The van der Waals surface area contributed by atoms with Gasteiger partial charge < -0.3 is 10.1 Å². The van der Waals surface area contributed by atoms with Crippen LogP contribution in [0.1, 0.15) is 16.1 Å². The van der Waals surface area contributed by atoms with E-state index in [9.17, 15) is 14.4 Å². The summed E-state index contributed by atoms with van der Waals surface area (Å²) in [6, 6.07) is 10.3. The number of esters is 1. The van der Waals surface area contributed by atoms with Gasteiger partial charge in [-0.1, -0.05) is 41.4 Å². The van der Waals surface area contributed by atoms with Crippen LogP contribution in [0.4, 0.5) is 5.69 Å². The first-order valence-corrected chi connectivity index (χ1v) is 9.17. The fourth-order valence-electron chi connectivity index (χ4n) is 2.64. The Bertz CT molecular complexity index is 1140. The van der Waals surface area contributed by atoms with Gasteiger partial charge in [0.25, 0.3) is 11.5 Å². The van der Waals surface area contributed by atoms with Gasteiger partial charge in [0.05, 0.1) is 22.0 Å². The summed E-state index contributed by atoms with van der Waals surface area (Å²) in [6.45, 7) is 1.11. The number of pyridine rings is 1. The zero-order chi connectivity index (χ0) is 21.1. The Kier molecular flexibility index (Phi) is 6.05. The smallest absolute Gasteiger partial charge is 0.340 e. The lowest BCUT2D eigenvalue weighted by Crippen LogP contribution is -2.25. The minimum absolute atomic E-state index is 0.0505. The number of hydrogen-bond donors (Lipinski definition) is 1. The number of para-hydroxylation sites is 1. The highest BCUT2D eigenvalue weighted by Crippen LogP contribution is 2.20. The topological polar surface area (TPSA) is 95.2 Å². The van der Waals surface area contributed by atoms with Gasteiger partial charge >= 0.3 is 5.97 Å². The van der Waals surface area contributed by atoms with E-state index in [0.717, 1.165) is 0 Å². The number of carbonyl (C=O) groups is 2. The summed E-state index contributed by atoms with van der Waals surface area (Å²) in [5.74, 6) is -1.45. The number of aromatic nitrogens is 3. The molecule has 1 aromatic carbocycles. The maximum Gasteiger partial charge on any atom is 0.340 e. The van der Waals surface area contributed by atoms with E-state index < -0.39 is 24.0 Å². The van der Waals surface area contributed by atoms with Crippen LogP contribution < -0.4 is 10.9 Å². The van der Waals surface area contributed by atoms with E-state index in [2.05, 4.69) is 10.3 Å². The van der Waals surface area contributed by atoms with E-state index in [0.29, 0.717) is 11.4 Å². The van der Waals surface area contributed by atoms with Crippen molar-refractivity contribution in [1.29, 1.82) is 0 Å². The van der Waals surface area contributed by atoms with E-state index in [1.54, 1.807) is 42.9 Å². The molecule has 0 atom stereocenters. The molecule has 0 aliphatic carbocycles. The highest BCUT2D eigenvalue weighted by Gasteiger charge is 2.19. The Balaban J connectivity index is 1.72. The lowest BCUT2D eigenvalue weighted by Gasteiger charge is -2.07. The van der Waals surface area contributed by atoms with E-state index in [4.69, 9.17) is 27.9 Å². The molecule has 2 heterocycles. The molecule has 0 saturated carbocycles. The number of rotatable bonds is 5. The second kappa shape index (κ2) is 8.50. The van der Waals surface area contributed by atoms with Crippen molar-refractivity contribution < 1.29 is 14.3 Å². The average Bonchev–Trinajstić information content (AvgIpc) is 2.92. The number of anilines is 1. The van der Waals surface area contributed by atoms with E-state index >= 15 is 0 Å². The van der Waals surface area contributed by atoms with Crippen molar-refractivity contribution in [3.05, 3.63) is 74.4 Å². The van der Waals surface area contributed by atoms with Crippen molar-refractivity contribution in [3.8, 4) is 5.69 Å². The molecule has 3 aromatic rings. The third-order valence-electron chi connectivity index (χ3n) is 4.18. The van der Waals surface area contributed by atoms with Gasteiger partial charge in [0.15, 0.2) is 6.61 Å². The molecule has 0 unspecified atom stereocenters. The summed E-state index contributed by atoms with van der Waals surface area (Å²) in [7, 11) is 1.71. The van der Waals surface area contributed by atoms with Crippen LogP contribution in [0.2, 0.25) is 10.2 Å². The first-order valence-electron chi connectivity index (χ1n) is 8.41. The molecule has 8 nitrogen and oxygen atoms in total. The van der Waals surface area contributed by atoms with Crippen LogP contribution in [0.15, 0.2) is 47.4 Å². The summed E-state index contributed by atoms with van der Waals surface area (Å²) in [5, 5.41) is 2.64. The second-order valence-electron chi connectivity index (χ2n) is 6.06. The van der Waals surface area contributed by atoms with Crippen molar-refractivity contribution in [1.82, 2.24) is 14.3 Å². The molecule has 0 saturated heterocycles. The summed E-state index contributed by atoms with van der Waals surface area (Å²) in [6.07, 6.45) is 1.19. The van der Waals surface area contributed by atoms with Crippen molar-refractivity contribution in [2.45, 2.75) is 6.92 Å². The number of halogens is 2. The predicted octanol–water partition coefficient (Wildman–Crippen LogP) is 2.98. The number of nitrogens with zero attached hydrogens (tertiary/aromatic N) is 3. The largest absolute Gasteiger partial charge is 0.452 e. The number of amides is 1. The van der Waals surface area contributed by atoms with Gasteiger partial charge in [-0.2, -0.15) is 0 Å². The maximum absolute atomic E-state index is 12.8. The Morgan fingerprint density at radius 2 is 1.90 bits per heavy atom. The number of hydrogen-bond acceptors (Lipinski definition) is 5. The quantitative estimate of drug-likeness (QED) is 0.491. The summed E-state index contributed by atoms with van der Waals surface area (Å²) in [4.78, 5) is 40.8. The molecule has 29 heavy (non-hydrogen) atoms. The molecule has 0 bridgehead atoms. The maximum atomic E-state index is 12.8.